The van der Waals surface area contributed by atoms with Crippen molar-refractivity contribution in [2.45, 2.75) is 13.0 Å². The molecular weight excluding hydrogens is 398 g/mol. The average molecular weight is 422 g/mol. The Bertz CT molecular complexity index is 1060. The first-order chi connectivity index (χ1) is 14.7. The molecule has 5 rings (SSSR count). The molecule has 3 aromatic rings. The van der Waals surface area contributed by atoms with E-state index in [9.17, 15) is 10.1 Å². The maximum atomic E-state index is 11.6. The van der Waals surface area contributed by atoms with Crippen molar-refractivity contribution in [1.82, 2.24) is 9.88 Å². The first-order valence-corrected chi connectivity index (χ1v) is 11.1. The van der Waals surface area contributed by atoms with Gasteiger partial charge in [0.1, 0.15) is 10.7 Å². The van der Waals surface area contributed by atoms with E-state index in [1.807, 2.05) is 24.3 Å². The maximum absolute atomic E-state index is 11.6. The molecule has 2 aromatic carbocycles. The van der Waals surface area contributed by atoms with Crippen LogP contribution in [0, 0.1) is 10.1 Å². The monoisotopic (exact) mass is 421 g/mol. The van der Waals surface area contributed by atoms with E-state index in [0.29, 0.717) is 0 Å². The van der Waals surface area contributed by atoms with Crippen LogP contribution in [0.5, 0.6) is 0 Å². The second kappa shape index (κ2) is 8.04. The van der Waals surface area contributed by atoms with Gasteiger partial charge in [0.15, 0.2) is 0 Å². The molecule has 1 aromatic heterocycles. The Morgan fingerprint density at radius 3 is 2.67 bits per heavy atom. The first-order valence-electron chi connectivity index (χ1n) is 10.2. The number of nitrogens with one attached hydrogen (secondary N) is 1. The maximum Gasteiger partial charge on any atom is 0.292 e. The van der Waals surface area contributed by atoms with Crippen molar-refractivity contribution in [2.24, 2.45) is 0 Å². The van der Waals surface area contributed by atoms with E-state index < -0.39 is 0 Å². The van der Waals surface area contributed by atoms with Gasteiger partial charge in [-0.1, -0.05) is 30.3 Å². The fourth-order valence-electron chi connectivity index (χ4n) is 4.32. The van der Waals surface area contributed by atoms with Gasteiger partial charge in [0.2, 0.25) is 0 Å². The fourth-order valence-corrected chi connectivity index (χ4v) is 5.13. The molecule has 2 aliphatic heterocycles. The molecule has 0 amide bonds. The minimum absolute atomic E-state index is 0.220. The van der Waals surface area contributed by atoms with Gasteiger partial charge in [-0.25, -0.2) is 4.98 Å². The molecule has 0 unspecified atom stereocenters. The molecule has 1 saturated heterocycles. The molecule has 0 saturated carbocycles. The van der Waals surface area contributed by atoms with Crippen molar-refractivity contribution in [3.05, 3.63) is 69.2 Å². The Kier molecular flexibility index (Phi) is 5.10. The lowest BCUT2D eigenvalue weighted by Crippen LogP contribution is -2.46. The lowest BCUT2D eigenvalue weighted by atomic mass is 10.1. The molecule has 3 heterocycles. The number of hydrogen-bond acceptors (Lipinski definition) is 7. The Labute approximate surface area is 179 Å². The molecule has 1 N–H and O–H groups in total. The molecule has 0 spiro atoms. The van der Waals surface area contributed by atoms with E-state index in [1.54, 1.807) is 17.4 Å². The zero-order valence-electron chi connectivity index (χ0n) is 16.6. The molecule has 0 radical (unpaired) electrons. The zero-order valence-corrected chi connectivity index (χ0v) is 17.4. The van der Waals surface area contributed by atoms with Crippen LogP contribution in [0.15, 0.2) is 47.8 Å². The van der Waals surface area contributed by atoms with Crippen molar-refractivity contribution < 1.29 is 4.92 Å². The minimum atomic E-state index is -0.249. The van der Waals surface area contributed by atoms with Gasteiger partial charge < -0.3 is 10.2 Å². The third kappa shape index (κ3) is 3.64. The van der Waals surface area contributed by atoms with Crippen molar-refractivity contribution in [2.75, 3.05) is 42.9 Å². The topological polar surface area (TPSA) is 74.5 Å². The summed E-state index contributed by atoms with van der Waals surface area (Å²) in [5, 5.41) is 18.1. The molecule has 7 nitrogen and oxygen atoms in total. The van der Waals surface area contributed by atoms with Crippen LogP contribution in [0.2, 0.25) is 0 Å². The van der Waals surface area contributed by atoms with Gasteiger partial charge in [0.25, 0.3) is 5.69 Å². The SMILES string of the molecule is O=[N+]([O-])c1ccc2c(c1N1CCN(Cc3csc(-c4ccccc4)n3)CC1)CCN2. The van der Waals surface area contributed by atoms with E-state index in [4.69, 9.17) is 4.98 Å². The number of aromatic nitrogens is 1. The normalized spacial score (nSPS) is 16.3. The number of nitrogens with zero attached hydrogens (tertiary/aromatic N) is 4. The summed E-state index contributed by atoms with van der Waals surface area (Å²) in [5.41, 5.74) is 5.39. The van der Waals surface area contributed by atoms with E-state index in [1.165, 1.54) is 0 Å². The number of thiazole rings is 1. The van der Waals surface area contributed by atoms with Crippen LogP contribution in [0.3, 0.4) is 0 Å². The predicted octanol–water partition coefficient (Wildman–Crippen LogP) is 4.01. The highest BCUT2D eigenvalue weighted by atomic mass is 32.1. The van der Waals surface area contributed by atoms with Gasteiger partial charge >= 0.3 is 0 Å². The quantitative estimate of drug-likeness (QED) is 0.496. The van der Waals surface area contributed by atoms with E-state index in [2.05, 4.69) is 32.6 Å². The van der Waals surface area contributed by atoms with Gasteiger partial charge in [-0.2, -0.15) is 0 Å². The second-order valence-electron chi connectivity index (χ2n) is 7.67. The largest absolute Gasteiger partial charge is 0.384 e. The number of anilines is 2. The van der Waals surface area contributed by atoms with Crippen LogP contribution in [-0.4, -0.2) is 47.5 Å². The van der Waals surface area contributed by atoms with Gasteiger partial charge in [0, 0.05) is 67.5 Å². The zero-order chi connectivity index (χ0) is 20.5. The highest BCUT2D eigenvalue weighted by molar-refractivity contribution is 7.13. The van der Waals surface area contributed by atoms with Gasteiger partial charge in [-0.3, -0.25) is 15.0 Å². The summed E-state index contributed by atoms with van der Waals surface area (Å²) in [5.74, 6) is 0. The first kappa shape index (κ1) is 19.0. The van der Waals surface area contributed by atoms with E-state index in [-0.39, 0.29) is 10.6 Å². The molecular formula is C22H23N5O2S. The van der Waals surface area contributed by atoms with Gasteiger partial charge in [-0.15, -0.1) is 11.3 Å². The number of benzene rings is 2. The van der Waals surface area contributed by atoms with Crippen molar-refractivity contribution in [3.63, 3.8) is 0 Å². The van der Waals surface area contributed by atoms with Crippen molar-refractivity contribution in [3.8, 4) is 10.6 Å². The fraction of sp³-hybridized carbons (Fsp3) is 0.318. The number of fused-ring (bicyclic) bond motifs is 1. The Morgan fingerprint density at radius 1 is 1.10 bits per heavy atom. The summed E-state index contributed by atoms with van der Waals surface area (Å²) in [6, 6.07) is 13.7. The number of rotatable bonds is 5. The molecule has 0 bridgehead atoms. The minimum Gasteiger partial charge on any atom is -0.384 e. The average Bonchev–Trinajstić information content (AvgIpc) is 3.44. The van der Waals surface area contributed by atoms with Crippen LogP contribution in [0.25, 0.3) is 10.6 Å². The van der Waals surface area contributed by atoms with Gasteiger partial charge in [-0.05, 0) is 12.5 Å². The van der Waals surface area contributed by atoms with E-state index in [0.717, 1.165) is 78.9 Å². The predicted molar refractivity (Wildman–Crippen MR) is 120 cm³/mol. The summed E-state index contributed by atoms with van der Waals surface area (Å²) in [6.45, 7) is 4.96. The molecule has 0 atom stereocenters. The molecule has 8 heteroatoms. The number of nitro groups is 1. The third-order valence-electron chi connectivity index (χ3n) is 5.80. The summed E-state index contributed by atoms with van der Waals surface area (Å²) < 4.78 is 0. The summed E-state index contributed by atoms with van der Waals surface area (Å²) in [4.78, 5) is 20.8. The van der Waals surface area contributed by atoms with Gasteiger partial charge in [0.05, 0.1) is 10.6 Å². The molecule has 30 heavy (non-hydrogen) atoms. The highest BCUT2D eigenvalue weighted by Gasteiger charge is 2.29. The standard InChI is InChI=1S/C22H23N5O2S/c28-27(29)20-7-6-19-18(8-9-23-19)21(20)26-12-10-25(11-13-26)14-17-15-30-22(24-17)16-4-2-1-3-5-16/h1-7,15,23H,8-14H2. The highest BCUT2D eigenvalue weighted by Crippen LogP contribution is 2.40. The summed E-state index contributed by atoms with van der Waals surface area (Å²) in [7, 11) is 0. The van der Waals surface area contributed by atoms with Crippen LogP contribution < -0.4 is 10.2 Å². The lowest BCUT2D eigenvalue weighted by molar-refractivity contribution is -0.384. The molecule has 1 fully saturated rings. The van der Waals surface area contributed by atoms with E-state index >= 15 is 0 Å². The molecule has 154 valence electrons. The van der Waals surface area contributed by atoms with Crippen LogP contribution in [-0.2, 0) is 13.0 Å². The number of piperazine rings is 1. The van der Waals surface area contributed by atoms with Crippen LogP contribution >= 0.6 is 11.3 Å². The summed E-state index contributed by atoms with van der Waals surface area (Å²) in [6.07, 6.45) is 0.841. The second-order valence-corrected chi connectivity index (χ2v) is 8.52. The van der Waals surface area contributed by atoms with Crippen LogP contribution in [0.4, 0.5) is 17.1 Å². The number of nitro benzene ring substituents is 1. The Hall–Kier alpha value is -2.97. The Morgan fingerprint density at radius 2 is 1.90 bits per heavy atom. The summed E-state index contributed by atoms with van der Waals surface area (Å²) >= 11 is 1.68. The third-order valence-corrected chi connectivity index (χ3v) is 6.74. The molecule has 0 aliphatic carbocycles. The van der Waals surface area contributed by atoms with Crippen molar-refractivity contribution >= 4 is 28.4 Å². The molecule has 2 aliphatic rings. The smallest absolute Gasteiger partial charge is 0.292 e. The lowest BCUT2D eigenvalue weighted by Gasteiger charge is -2.36. The Balaban J connectivity index is 1.27. The van der Waals surface area contributed by atoms with Crippen LogP contribution in [0.1, 0.15) is 11.3 Å². The van der Waals surface area contributed by atoms with Crippen molar-refractivity contribution in [1.29, 1.82) is 0 Å². The number of hydrogen-bond donors (Lipinski definition) is 1.